The number of amides is 4. The van der Waals surface area contributed by atoms with E-state index in [0.717, 1.165) is 26.8 Å². The van der Waals surface area contributed by atoms with E-state index >= 15 is 0 Å². The number of carbonyl (C=O) groups is 3. The summed E-state index contributed by atoms with van der Waals surface area (Å²) in [6, 6.07) is 20.7. The zero-order valence-corrected chi connectivity index (χ0v) is 33.2. The number of urea groups is 1. The van der Waals surface area contributed by atoms with Gasteiger partial charge in [-0.05, 0) is 99.3 Å². The summed E-state index contributed by atoms with van der Waals surface area (Å²) in [5.41, 5.74) is 5.01. The van der Waals surface area contributed by atoms with Gasteiger partial charge in [0.1, 0.15) is 17.4 Å². The number of thiophene rings is 1. The number of benzene rings is 3. The smallest absolute Gasteiger partial charge is 0.329 e. The Kier molecular flexibility index (Phi) is 15.1. The topological polar surface area (TPSA) is 130 Å². The second-order valence-corrected chi connectivity index (χ2v) is 15.1. The molecule has 1 aromatic heterocycles. The number of likely N-dealkylation sites (N-methyl/N-ethyl adjacent to an activating group) is 1. The first-order chi connectivity index (χ1) is 25.2. The fourth-order valence-corrected chi connectivity index (χ4v) is 6.97. The minimum atomic E-state index is -1.17. The predicted octanol–water partition coefficient (Wildman–Crippen LogP) is 6.62. The van der Waals surface area contributed by atoms with Gasteiger partial charge in [0.15, 0.2) is 5.79 Å². The van der Waals surface area contributed by atoms with Crippen LogP contribution in [0.5, 0.6) is 5.75 Å². The van der Waals surface area contributed by atoms with Gasteiger partial charge in [0.25, 0.3) is 0 Å². The number of fused-ring (bicyclic) bond motifs is 1. The molecule has 0 fully saturated rings. The number of hydrogen-bond acceptors (Lipinski definition) is 8. The van der Waals surface area contributed by atoms with Gasteiger partial charge in [-0.1, -0.05) is 54.1 Å². The molecule has 1 heterocycles. The molecule has 4 N–H and O–H groups in total. The molecule has 0 saturated heterocycles. The molecule has 0 radical (unpaired) electrons. The molecule has 4 aromatic rings. The van der Waals surface area contributed by atoms with E-state index < -0.39 is 35.7 Å². The lowest BCUT2D eigenvalue weighted by molar-refractivity contribution is -0.246. The lowest BCUT2D eigenvalue weighted by atomic mass is 9.97. The molecule has 2 atom stereocenters. The average molecular weight is 766 g/mol. The van der Waals surface area contributed by atoms with Crippen LogP contribution in [0.25, 0.3) is 10.1 Å². The SMILES string of the molecule is CCOC(Cc1csc2ccccc12)(OCC)[C@H](C)NC(=O)[C@H](Cc1ccc(OC(C)(C)C)cc1)NC(=O)CN(C)NC(=O)NCc1ccc(Cl)cc1. The van der Waals surface area contributed by atoms with Crippen molar-refractivity contribution in [1.29, 1.82) is 0 Å². The van der Waals surface area contributed by atoms with Crippen molar-refractivity contribution in [3.05, 3.63) is 99.9 Å². The summed E-state index contributed by atoms with van der Waals surface area (Å²) >= 11 is 7.60. The molecule has 11 nitrogen and oxygen atoms in total. The Balaban J connectivity index is 1.49. The normalized spacial score (nSPS) is 13.0. The predicted molar refractivity (Wildman–Crippen MR) is 211 cm³/mol. The number of hydrazine groups is 1. The third kappa shape index (κ3) is 12.7. The molecule has 0 aliphatic heterocycles. The molecule has 286 valence electrons. The first kappa shape index (κ1) is 41.6. The third-order valence-electron chi connectivity index (χ3n) is 8.27. The summed E-state index contributed by atoms with van der Waals surface area (Å²) in [5.74, 6) is -1.35. The number of carbonyl (C=O) groups excluding carboxylic acids is 3. The maximum Gasteiger partial charge on any atom is 0.329 e. The van der Waals surface area contributed by atoms with Crippen LogP contribution in [0.4, 0.5) is 4.79 Å². The first-order valence-electron chi connectivity index (χ1n) is 17.8. The summed E-state index contributed by atoms with van der Waals surface area (Å²) in [7, 11) is 1.57. The second kappa shape index (κ2) is 19.2. The zero-order valence-electron chi connectivity index (χ0n) is 31.6. The second-order valence-electron chi connectivity index (χ2n) is 13.8. The highest BCUT2D eigenvalue weighted by molar-refractivity contribution is 7.17. The van der Waals surface area contributed by atoms with Gasteiger partial charge in [0, 0.05) is 49.4 Å². The van der Waals surface area contributed by atoms with E-state index in [9.17, 15) is 14.4 Å². The Hall–Kier alpha value is -4.20. The van der Waals surface area contributed by atoms with Crippen molar-refractivity contribution >= 4 is 50.9 Å². The minimum Gasteiger partial charge on any atom is -0.488 e. The van der Waals surface area contributed by atoms with Crippen molar-refractivity contribution in [3.8, 4) is 5.75 Å². The van der Waals surface area contributed by atoms with Crippen molar-refractivity contribution in [2.45, 2.75) is 84.4 Å². The Morgan fingerprint density at radius 3 is 2.17 bits per heavy atom. The molecule has 4 rings (SSSR count). The number of nitrogens with one attached hydrogen (secondary N) is 4. The number of rotatable bonds is 18. The van der Waals surface area contributed by atoms with Crippen LogP contribution in [0.2, 0.25) is 5.02 Å². The summed E-state index contributed by atoms with van der Waals surface area (Å²) in [4.78, 5) is 40.1. The van der Waals surface area contributed by atoms with Crippen LogP contribution in [0.3, 0.4) is 0 Å². The van der Waals surface area contributed by atoms with Crippen molar-refractivity contribution in [2.24, 2.45) is 0 Å². The Morgan fingerprint density at radius 2 is 1.53 bits per heavy atom. The molecular weight excluding hydrogens is 714 g/mol. The van der Waals surface area contributed by atoms with E-state index in [1.54, 1.807) is 30.5 Å². The van der Waals surface area contributed by atoms with Gasteiger partial charge in [-0.2, -0.15) is 0 Å². The largest absolute Gasteiger partial charge is 0.488 e. The van der Waals surface area contributed by atoms with Crippen LogP contribution < -0.4 is 26.1 Å². The molecule has 0 spiro atoms. The van der Waals surface area contributed by atoms with Gasteiger partial charge < -0.3 is 30.2 Å². The highest BCUT2D eigenvalue weighted by atomic mass is 35.5. The Morgan fingerprint density at radius 1 is 0.887 bits per heavy atom. The van der Waals surface area contributed by atoms with E-state index in [1.165, 1.54) is 5.01 Å². The number of hydrogen-bond donors (Lipinski definition) is 4. The molecule has 3 aromatic carbocycles. The molecule has 0 aliphatic rings. The summed E-state index contributed by atoms with van der Waals surface area (Å²) in [5, 5.41) is 13.9. The van der Waals surface area contributed by atoms with Crippen LogP contribution in [0.15, 0.2) is 78.2 Å². The van der Waals surface area contributed by atoms with Crippen molar-refractivity contribution in [2.75, 3.05) is 26.8 Å². The Labute approximate surface area is 321 Å². The van der Waals surface area contributed by atoms with E-state index in [0.29, 0.717) is 30.4 Å². The molecular formula is C40H52ClN5O6S. The van der Waals surface area contributed by atoms with Gasteiger partial charge in [-0.3, -0.25) is 15.0 Å². The molecule has 13 heteroatoms. The van der Waals surface area contributed by atoms with E-state index in [2.05, 4.69) is 38.9 Å². The zero-order chi connectivity index (χ0) is 38.6. The molecule has 53 heavy (non-hydrogen) atoms. The molecule has 0 aliphatic carbocycles. The number of halogens is 1. The van der Waals surface area contributed by atoms with Crippen LogP contribution in [-0.2, 0) is 38.4 Å². The highest BCUT2D eigenvalue weighted by Crippen LogP contribution is 2.32. The van der Waals surface area contributed by atoms with Gasteiger partial charge in [0.05, 0.1) is 12.6 Å². The third-order valence-corrected chi connectivity index (χ3v) is 9.54. The molecule has 0 saturated carbocycles. The maximum absolute atomic E-state index is 14.2. The summed E-state index contributed by atoms with van der Waals surface area (Å²) in [6.45, 7) is 12.3. The van der Waals surface area contributed by atoms with Gasteiger partial charge in [0.2, 0.25) is 11.8 Å². The minimum absolute atomic E-state index is 0.199. The fourth-order valence-electron chi connectivity index (χ4n) is 5.88. The molecule has 4 amide bonds. The quantitative estimate of drug-likeness (QED) is 0.0662. The van der Waals surface area contributed by atoms with Gasteiger partial charge in [-0.15, -0.1) is 11.3 Å². The lowest BCUT2D eigenvalue weighted by Gasteiger charge is -2.39. The van der Waals surface area contributed by atoms with Crippen molar-refractivity contribution in [3.63, 3.8) is 0 Å². The first-order valence-corrected chi connectivity index (χ1v) is 19.1. The number of ether oxygens (including phenoxy) is 3. The van der Waals surface area contributed by atoms with Crippen LogP contribution >= 0.6 is 22.9 Å². The van der Waals surface area contributed by atoms with E-state index in [-0.39, 0.29) is 25.1 Å². The van der Waals surface area contributed by atoms with Crippen LogP contribution in [0, 0.1) is 0 Å². The highest BCUT2D eigenvalue weighted by Gasteiger charge is 2.41. The average Bonchev–Trinajstić information content (AvgIpc) is 3.50. The maximum atomic E-state index is 14.2. The van der Waals surface area contributed by atoms with Crippen LogP contribution in [0.1, 0.15) is 58.2 Å². The lowest BCUT2D eigenvalue weighted by Crippen LogP contribution is -2.60. The standard InChI is InChI=1S/C40H52ClN5O6S/c1-8-50-40(51-9-2,23-30-26-53-35-13-11-10-12-33(30)35)27(3)43-37(48)34(22-28-16-20-32(21-17-28)52-39(4,5)6)44-36(47)25-46(7)45-38(49)42-24-29-14-18-31(41)19-15-29/h10-21,26-27,34H,8-9,22-25H2,1-7H3,(H,43,48)(H,44,47)(H2,42,45,49)/t27-,34-/m0/s1. The van der Waals surface area contributed by atoms with Gasteiger partial charge >= 0.3 is 6.03 Å². The van der Waals surface area contributed by atoms with Crippen LogP contribution in [-0.4, -0.2) is 73.1 Å². The van der Waals surface area contributed by atoms with Crippen molar-refractivity contribution in [1.82, 2.24) is 26.4 Å². The fraction of sp³-hybridized carbons (Fsp3) is 0.425. The Bertz CT molecular complexity index is 1790. The molecule has 0 unspecified atom stereocenters. The molecule has 0 bridgehead atoms. The summed E-state index contributed by atoms with van der Waals surface area (Å²) < 4.78 is 19.8. The number of nitrogens with zero attached hydrogens (tertiary/aromatic N) is 1. The van der Waals surface area contributed by atoms with Crippen molar-refractivity contribution < 1.29 is 28.6 Å². The van der Waals surface area contributed by atoms with E-state index in [1.807, 2.05) is 90.1 Å². The summed E-state index contributed by atoms with van der Waals surface area (Å²) in [6.07, 6.45) is 0.604. The monoisotopic (exact) mass is 765 g/mol. The van der Waals surface area contributed by atoms with Gasteiger partial charge in [-0.25, -0.2) is 9.80 Å². The van der Waals surface area contributed by atoms with E-state index in [4.69, 9.17) is 25.8 Å².